The van der Waals surface area contributed by atoms with Crippen LogP contribution in [0.2, 0.25) is 0 Å². The highest BCUT2D eigenvalue weighted by molar-refractivity contribution is 7.85. The van der Waals surface area contributed by atoms with Crippen molar-refractivity contribution in [1.29, 1.82) is 0 Å². The molecule has 0 saturated carbocycles. The molecule has 5 N–H and O–H groups in total. The van der Waals surface area contributed by atoms with Crippen molar-refractivity contribution in [2.75, 3.05) is 6.26 Å². The number of halogens is 2. The standard InChI is InChI=1S/C19H17F2N3O.CH4O3S/c20-17(21)15-9-8-11-4-1-2-7-14(11)16(15)12-5-3-6-13(10-12)18(25)24-19(22)23;1-5(2,3)4/h1-7,10,17H,8-9H2,(H4,22,23,24,25);1H3,(H,2,3,4). The Balaban J connectivity index is 0.000000575. The molecule has 0 aromatic heterocycles. The zero-order valence-corrected chi connectivity index (χ0v) is 16.9. The second-order valence-corrected chi connectivity index (χ2v) is 7.98. The van der Waals surface area contributed by atoms with Gasteiger partial charge in [0.05, 0.1) is 6.26 Å². The zero-order chi connectivity index (χ0) is 22.5. The summed E-state index contributed by atoms with van der Waals surface area (Å²) in [7, 11) is -3.67. The minimum absolute atomic E-state index is 0.0881. The summed E-state index contributed by atoms with van der Waals surface area (Å²) in [5.74, 6) is -0.948. The second kappa shape index (κ2) is 9.59. The molecule has 0 fully saturated rings. The summed E-state index contributed by atoms with van der Waals surface area (Å²) in [6.07, 6.45) is -0.977. The predicted octanol–water partition coefficient (Wildman–Crippen LogP) is 2.62. The van der Waals surface area contributed by atoms with Crippen molar-refractivity contribution < 1.29 is 26.5 Å². The summed E-state index contributed by atoms with van der Waals surface area (Å²) >= 11 is 0. The molecule has 1 aliphatic rings. The van der Waals surface area contributed by atoms with E-state index in [0.29, 0.717) is 23.8 Å². The number of nitrogens with zero attached hydrogens (tertiary/aromatic N) is 1. The van der Waals surface area contributed by atoms with Gasteiger partial charge in [-0.15, -0.1) is 0 Å². The van der Waals surface area contributed by atoms with Gasteiger partial charge in [0.25, 0.3) is 22.5 Å². The van der Waals surface area contributed by atoms with E-state index in [0.717, 1.165) is 11.1 Å². The predicted molar refractivity (Wildman–Crippen MR) is 111 cm³/mol. The van der Waals surface area contributed by atoms with Crippen molar-refractivity contribution in [1.82, 2.24) is 0 Å². The van der Waals surface area contributed by atoms with Gasteiger partial charge >= 0.3 is 0 Å². The van der Waals surface area contributed by atoms with Gasteiger partial charge in [0.1, 0.15) is 0 Å². The molecule has 160 valence electrons. The van der Waals surface area contributed by atoms with E-state index in [1.165, 1.54) is 0 Å². The number of amides is 1. The van der Waals surface area contributed by atoms with Crippen LogP contribution in [0.15, 0.2) is 59.1 Å². The molecule has 0 atom stereocenters. The normalized spacial score (nSPS) is 13.2. The third-order valence-electron chi connectivity index (χ3n) is 4.16. The van der Waals surface area contributed by atoms with Gasteiger partial charge in [-0.3, -0.25) is 9.35 Å². The maximum atomic E-state index is 13.6. The molecule has 0 unspecified atom stereocenters. The first-order valence-electron chi connectivity index (χ1n) is 8.73. The second-order valence-electron chi connectivity index (χ2n) is 6.51. The number of alkyl halides is 2. The lowest BCUT2D eigenvalue weighted by Crippen LogP contribution is -2.24. The molecule has 1 aliphatic carbocycles. The molecule has 2 aromatic carbocycles. The largest absolute Gasteiger partial charge is 0.370 e. The smallest absolute Gasteiger partial charge is 0.280 e. The maximum absolute atomic E-state index is 13.6. The molecule has 3 rings (SSSR count). The molecule has 0 bridgehead atoms. The SMILES string of the molecule is CS(=O)(=O)O.NC(N)=NC(=O)c1cccc(C2=C(C(F)F)CCc3ccccc32)c1. The van der Waals surface area contributed by atoms with Crippen molar-refractivity contribution in [3.8, 4) is 0 Å². The number of allylic oxidation sites excluding steroid dienone is 1. The van der Waals surface area contributed by atoms with E-state index >= 15 is 0 Å². The van der Waals surface area contributed by atoms with Crippen LogP contribution in [0.3, 0.4) is 0 Å². The average molecular weight is 437 g/mol. The lowest BCUT2D eigenvalue weighted by molar-refractivity contribution is 0.100. The van der Waals surface area contributed by atoms with Gasteiger partial charge in [0, 0.05) is 11.1 Å². The number of aryl methyl sites for hydroxylation is 1. The monoisotopic (exact) mass is 437 g/mol. The quantitative estimate of drug-likeness (QED) is 0.384. The van der Waals surface area contributed by atoms with Crippen LogP contribution in [0.5, 0.6) is 0 Å². The van der Waals surface area contributed by atoms with E-state index in [1.54, 1.807) is 24.3 Å². The summed E-state index contributed by atoms with van der Waals surface area (Å²) < 4.78 is 53.1. The minimum Gasteiger partial charge on any atom is -0.370 e. The van der Waals surface area contributed by atoms with Crippen LogP contribution in [-0.2, 0) is 16.5 Å². The van der Waals surface area contributed by atoms with Crippen molar-refractivity contribution in [3.63, 3.8) is 0 Å². The Morgan fingerprint density at radius 3 is 2.33 bits per heavy atom. The molecular formula is C20H21F2N3O4S. The summed E-state index contributed by atoms with van der Waals surface area (Å²) in [6, 6.07) is 13.9. The number of nitrogens with two attached hydrogens (primary N) is 2. The molecule has 2 aromatic rings. The fourth-order valence-corrected chi connectivity index (χ4v) is 3.10. The average Bonchev–Trinajstić information content (AvgIpc) is 2.65. The van der Waals surface area contributed by atoms with Gasteiger partial charge < -0.3 is 11.5 Å². The summed E-state index contributed by atoms with van der Waals surface area (Å²) in [5, 5.41) is 0. The van der Waals surface area contributed by atoms with Crippen molar-refractivity contribution >= 4 is 27.6 Å². The Labute approximate surface area is 172 Å². The Kier molecular flexibility index (Phi) is 7.41. The number of rotatable bonds is 3. The molecule has 0 spiro atoms. The molecule has 0 saturated heterocycles. The molecule has 0 radical (unpaired) electrons. The number of benzene rings is 2. The van der Waals surface area contributed by atoms with Gasteiger partial charge in [-0.2, -0.15) is 13.4 Å². The van der Waals surface area contributed by atoms with Gasteiger partial charge in [0.2, 0.25) is 0 Å². The molecule has 0 aliphatic heterocycles. The maximum Gasteiger partial charge on any atom is 0.280 e. The van der Waals surface area contributed by atoms with Crippen molar-refractivity contribution in [2.45, 2.75) is 19.3 Å². The van der Waals surface area contributed by atoms with E-state index in [1.807, 2.05) is 24.3 Å². The Morgan fingerprint density at radius 1 is 1.10 bits per heavy atom. The first-order chi connectivity index (χ1) is 14.0. The van der Waals surface area contributed by atoms with Gasteiger partial charge in [-0.05, 0) is 47.2 Å². The van der Waals surface area contributed by atoms with E-state index < -0.39 is 22.5 Å². The lowest BCUT2D eigenvalue weighted by atomic mass is 9.82. The van der Waals surface area contributed by atoms with Crippen LogP contribution in [0.25, 0.3) is 5.57 Å². The number of hydrogen-bond donors (Lipinski definition) is 3. The fourth-order valence-electron chi connectivity index (χ4n) is 3.10. The van der Waals surface area contributed by atoms with Gasteiger partial charge in [-0.25, -0.2) is 8.78 Å². The van der Waals surface area contributed by atoms with E-state index in [4.69, 9.17) is 16.0 Å². The number of carbonyl (C=O) groups is 1. The summed E-state index contributed by atoms with van der Waals surface area (Å²) in [5.41, 5.74) is 13.6. The van der Waals surface area contributed by atoms with E-state index in [-0.39, 0.29) is 23.5 Å². The highest BCUT2D eigenvalue weighted by Gasteiger charge is 2.25. The summed E-state index contributed by atoms with van der Waals surface area (Å²) in [4.78, 5) is 15.5. The Bertz CT molecular complexity index is 1100. The molecule has 0 heterocycles. The van der Waals surface area contributed by atoms with Crippen molar-refractivity contribution in [3.05, 3.63) is 76.4 Å². The number of carbonyl (C=O) groups excluding carboxylic acids is 1. The molecular weight excluding hydrogens is 416 g/mol. The van der Waals surface area contributed by atoms with Crippen LogP contribution in [0.4, 0.5) is 8.78 Å². The molecule has 7 nitrogen and oxygen atoms in total. The van der Waals surface area contributed by atoms with Crippen LogP contribution in [0, 0.1) is 0 Å². The van der Waals surface area contributed by atoms with Crippen LogP contribution < -0.4 is 11.5 Å². The number of aliphatic imine (C=N–C) groups is 1. The first kappa shape index (κ1) is 23.2. The fraction of sp³-hybridized carbons (Fsp3) is 0.200. The number of guanidine groups is 1. The van der Waals surface area contributed by atoms with Crippen LogP contribution >= 0.6 is 0 Å². The molecule has 1 amide bonds. The third-order valence-corrected chi connectivity index (χ3v) is 4.16. The van der Waals surface area contributed by atoms with Crippen LogP contribution in [0.1, 0.15) is 33.5 Å². The molecule has 10 heteroatoms. The zero-order valence-electron chi connectivity index (χ0n) is 16.0. The Hall–Kier alpha value is -3.11. The van der Waals surface area contributed by atoms with Gasteiger partial charge in [-0.1, -0.05) is 36.4 Å². The highest BCUT2D eigenvalue weighted by Crippen LogP contribution is 2.38. The number of fused-ring (bicyclic) bond motifs is 1. The highest BCUT2D eigenvalue weighted by atomic mass is 32.2. The van der Waals surface area contributed by atoms with E-state index in [2.05, 4.69) is 4.99 Å². The third kappa shape index (κ3) is 6.46. The first-order valence-corrected chi connectivity index (χ1v) is 10.6. The number of hydrogen-bond acceptors (Lipinski definition) is 3. The summed E-state index contributed by atoms with van der Waals surface area (Å²) in [6.45, 7) is 0. The minimum atomic E-state index is -3.67. The lowest BCUT2D eigenvalue weighted by Gasteiger charge is -2.24. The Morgan fingerprint density at radius 2 is 1.73 bits per heavy atom. The topological polar surface area (TPSA) is 136 Å². The van der Waals surface area contributed by atoms with Crippen molar-refractivity contribution in [2.24, 2.45) is 16.5 Å². The molecule has 30 heavy (non-hydrogen) atoms. The van der Waals surface area contributed by atoms with Gasteiger partial charge in [0.15, 0.2) is 5.96 Å². The van der Waals surface area contributed by atoms with Crippen LogP contribution in [-0.4, -0.2) is 37.5 Å². The van der Waals surface area contributed by atoms with E-state index in [9.17, 15) is 22.0 Å².